The zero-order chi connectivity index (χ0) is 24.1. The van der Waals surface area contributed by atoms with Gasteiger partial charge in [-0.25, -0.2) is 8.42 Å². The zero-order valence-corrected chi connectivity index (χ0v) is 20.5. The summed E-state index contributed by atoms with van der Waals surface area (Å²) >= 11 is 0. The van der Waals surface area contributed by atoms with Crippen molar-refractivity contribution in [2.24, 2.45) is 5.92 Å². The number of benzene rings is 2. The van der Waals surface area contributed by atoms with Crippen LogP contribution < -0.4 is 9.47 Å². The van der Waals surface area contributed by atoms with Gasteiger partial charge in [-0.15, -0.1) is 0 Å². The van der Waals surface area contributed by atoms with E-state index in [0.29, 0.717) is 38.2 Å². The summed E-state index contributed by atoms with van der Waals surface area (Å²) in [5, 5.41) is 1.26. The highest BCUT2D eigenvalue weighted by molar-refractivity contribution is 7.92. The SMILES string of the molecule is COc1ccc(C2CCCN2C(=O)C2CCN(S(=O)(=O)/C=C/c3ccccc3)CC2)c(OC)c1. The van der Waals surface area contributed by atoms with Crippen LogP contribution in [-0.2, 0) is 14.8 Å². The molecule has 0 N–H and O–H groups in total. The first kappa shape index (κ1) is 24.3. The number of piperidine rings is 1. The molecule has 2 saturated heterocycles. The van der Waals surface area contributed by atoms with Gasteiger partial charge in [0.05, 0.1) is 20.3 Å². The third kappa shape index (κ3) is 5.28. The molecule has 1 unspecified atom stereocenters. The normalized spacial score (nSPS) is 20.1. The van der Waals surface area contributed by atoms with Crippen molar-refractivity contribution >= 4 is 22.0 Å². The van der Waals surface area contributed by atoms with Gasteiger partial charge in [0.25, 0.3) is 0 Å². The largest absolute Gasteiger partial charge is 0.497 e. The van der Waals surface area contributed by atoms with Crippen LogP contribution in [-0.4, -0.2) is 57.4 Å². The van der Waals surface area contributed by atoms with Crippen LogP contribution in [0.25, 0.3) is 6.08 Å². The van der Waals surface area contributed by atoms with E-state index in [1.807, 2.05) is 53.4 Å². The monoisotopic (exact) mass is 484 g/mol. The summed E-state index contributed by atoms with van der Waals surface area (Å²) in [5.41, 5.74) is 1.82. The van der Waals surface area contributed by atoms with Gasteiger partial charge in [0.1, 0.15) is 11.5 Å². The maximum absolute atomic E-state index is 13.5. The van der Waals surface area contributed by atoms with Gasteiger partial charge in [-0.2, -0.15) is 4.31 Å². The number of sulfonamides is 1. The molecule has 0 spiro atoms. The molecule has 34 heavy (non-hydrogen) atoms. The van der Waals surface area contributed by atoms with Crippen LogP contribution in [0.1, 0.15) is 42.9 Å². The molecule has 0 saturated carbocycles. The molecule has 7 nitrogen and oxygen atoms in total. The summed E-state index contributed by atoms with van der Waals surface area (Å²) in [6.45, 7) is 1.40. The maximum atomic E-state index is 13.5. The predicted octanol–water partition coefficient (Wildman–Crippen LogP) is 4.08. The van der Waals surface area contributed by atoms with E-state index >= 15 is 0 Å². The second-order valence-corrected chi connectivity index (χ2v) is 10.5. The van der Waals surface area contributed by atoms with Crippen molar-refractivity contribution in [1.29, 1.82) is 0 Å². The molecule has 1 atom stereocenters. The first-order valence-corrected chi connectivity index (χ1v) is 13.2. The summed E-state index contributed by atoms with van der Waals surface area (Å²) in [7, 11) is -0.278. The van der Waals surface area contributed by atoms with Gasteiger partial charge in [0.2, 0.25) is 15.9 Å². The Morgan fingerprint density at radius 2 is 1.71 bits per heavy atom. The molecule has 2 aromatic rings. The standard InChI is InChI=1S/C26H32N2O5S/c1-32-22-10-11-23(25(19-22)33-2)24-9-6-15-28(24)26(29)21-12-16-27(17-13-21)34(30,31)18-14-20-7-4-3-5-8-20/h3-5,7-8,10-11,14,18-19,21,24H,6,9,12-13,15-17H2,1-2H3/b18-14+. The molecule has 2 aliphatic rings. The summed E-state index contributed by atoms with van der Waals surface area (Å²) in [6.07, 6.45) is 4.49. The zero-order valence-electron chi connectivity index (χ0n) is 19.7. The molecule has 1 amide bonds. The molecule has 0 aliphatic carbocycles. The van der Waals surface area contributed by atoms with E-state index in [2.05, 4.69) is 0 Å². The van der Waals surface area contributed by atoms with E-state index < -0.39 is 10.0 Å². The van der Waals surface area contributed by atoms with E-state index in [0.717, 1.165) is 29.7 Å². The molecule has 182 valence electrons. The van der Waals surface area contributed by atoms with Crippen LogP contribution in [0, 0.1) is 5.92 Å². The lowest BCUT2D eigenvalue weighted by molar-refractivity contribution is -0.137. The van der Waals surface area contributed by atoms with Crippen LogP contribution in [0.3, 0.4) is 0 Å². The highest BCUT2D eigenvalue weighted by atomic mass is 32.2. The van der Waals surface area contributed by atoms with Crippen molar-refractivity contribution in [3.8, 4) is 11.5 Å². The maximum Gasteiger partial charge on any atom is 0.236 e. The third-order valence-electron chi connectivity index (χ3n) is 6.73. The van der Waals surface area contributed by atoms with Gasteiger partial charge in [0, 0.05) is 42.6 Å². The van der Waals surface area contributed by atoms with Crippen molar-refractivity contribution in [1.82, 2.24) is 9.21 Å². The predicted molar refractivity (Wildman–Crippen MR) is 132 cm³/mol. The van der Waals surface area contributed by atoms with Crippen molar-refractivity contribution in [3.05, 3.63) is 65.1 Å². The van der Waals surface area contributed by atoms with Crippen molar-refractivity contribution in [2.45, 2.75) is 31.7 Å². The number of nitrogens with zero attached hydrogens (tertiary/aromatic N) is 2. The molecule has 2 heterocycles. The average molecular weight is 485 g/mol. The fourth-order valence-corrected chi connectivity index (χ4v) is 6.08. The van der Waals surface area contributed by atoms with Gasteiger partial charge >= 0.3 is 0 Å². The molecule has 2 aromatic carbocycles. The Morgan fingerprint density at radius 1 is 0.971 bits per heavy atom. The third-order valence-corrected chi connectivity index (χ3v) is 8.30. The summed E-state index contributed by atoms with van der Waals surface area (Å²) in [6, 6.07) is 15.0. The Labute approximate surface area is 202 Å². The van der Waals surface area contributed by atoms with Crippen molar-refractivity contribution in [3.63, 3.8) is 0 Å². The molecule has 2 aliphatic heterocycles. The summed E-state index contributed by atoms with van der Waals surface area (Å²) in [4.78, 5) is 15.4. The Balaban J connectivity index is 1.40. The first-order chi connectivity index (χ1) is 16.4. The van der Waals surface area contributed by atoms with E-state index in [1.165, 1.54) is 9.71 Å². The summed E-state index contributed by atoms with van der Waals surface area (Å²) < 4.78 is 37.9. The van der Waals surface area contributed by atoms with Crippen LogP contribution >= 0.6 is 0 Å². The van der Waals surface area contributed by atoms with Crippen LogP contribution in [0.4, 0.5) is 0 Å². The highest BCUT2D eigenvalue weighted by Crippen LogP contribution is 2.40. The average Bonchev–Trinajstić information content (AvgIpc) is 3.37. The molecular weight excluding hydrogens is 452 g/mol. The number of hydrogen-bond acceptors (Lipinski definition) is 5. The van der Waals surface area contributed by atoms with Gasteiger partial charge in [0.15, 0.2) is 0 Å². The fraction of sp³-hybridized carbons (Fsp3) is 0.423. The Hall–Kier alpha value is -2.84. The Kier molecular flexibility index (Phi) is 7.58. The van der Waals surface area contributed by atoms with Crippen molar-refractivity contribution < 1.29 is 22.7 Å². The minimum absolute atomic E-state index is 0.0380. The second kappa shape index (κ2) is 10.6. The van der Waals surface area contributed by atoms with Gasteiger partial charge in [-0.1, -0.05) is 30.3 Å². The Bertz CT molecular complexity index is 1130. The molecule has 0 bridgehead atoms. The van der Waals surface area contributed by atoms with E-state index in [9.17, 15) is 13.2 Å². The number of hydrogen-bond donors (Lipinski definition) is 0. The van der Waals surface area contributed by atoms with Gasteiger partial charge in [-0.05, 0) is 49.5 Å². The topological polar surface area (TPSA) is 76.2 Å². The number of methoxy groups -OCH3 is 2. The number of carbonyl (C=O) groups excluding carboxylic acids is 1. The minimum atomic E-state index is -3.52. The second-order valence-electron chi connectivity index (χ2n) is 8.73. The van der Waals surface area contributed by atoms with Crippen LogP contribution in [0.15, 0.2) is 53.9 Å². The first-order valence-electron chi connectivity index (χ1n) is 11.7. The van der Waals surface area contributed by atoms with Gasteiger partial charge < -0.3 is 14.4 Å². The molecule has 2 fully saturated rings. The quantitative estimate of drug-likeness (QED) is 0.592. The molecular formula is C26H32N2O5S. The smallest absolute Gasteiger partial charge is 0.236 e. The number of carbonyl (C=O) groups is 1. The van der Waals surface area contributed by atoms with E-state index in [4.69, 9.17) is 9.47 Å². The molecule has 4 rings (SSSR count). The van der Waals surface area contributed by atoms with E-state index in [-0.39, 0.29) is 17.9 Å². The van der Waals surface area contributed by atoms with Crippen LogP contribution in [0.2, 0.25) is 0 Å². The molecule has 0 aromatic heterocycles. The lowest BCUT2D eigenvalue weighted by Gasteiger charge is -2.34. The van der Waals surface area contributed by atoms with Gasteiger partial charge in [-0.3, -0.25) is 4.79 Å². The number of amides is 1. The number of likely N-dealkylation sites (tertiary alicyclic amines) is 1. The molecule has 0 radical (unpaired) electrons. The number of rotatable bonds is 7. The van der Waals surface area contributed by atoms with Crippen LogP contribution in [0.5, 0.6) is 11.5 Å². The molecule has 8 heteroatoms. The summed E-state index contributed by atoms with van der Waals surface area (Å²) in [5.74, 6) is 1.37. The lowest BCUT2D eigenvalue weighted by Crippen LogP contribution is -2.43. The van der Waals surface area contributed by atoms with Crippen molar-refractivity contribution in [2.75, 3.05) is 33.9 Å². The minimum Gasteiger partial charge on any atom is -0.497 e. The Morgan fingerprint density at radius 3 is 2.38 bits per heavy atom. The number of ether oxygens (including phenoxy) is 2. The fourth-order valence-electron chi connectivity index (χ4n) is 4.85. The van der Waals surface area contributed by atoms with E-state index in [1.54, 1.807) is 20.3 Å². The highest BCUT2D eigenvalue weighted by Gasteiger charge is 2.37. The lowest BCUT2D eigenvalue weighted by atomic mass is 9.95.